The predicted octanol–water partition coefficient (Wildman–Crippen LogP) is 6.34. The van der Waals surface area contributed by atoms with Crippen LogP contribution < -0.4 is 0 Å². The Hall–Kier alpha value is -1.79. The van der Waals surface area contributed by atoms with Crippen molar-refractivity contribution in [2.24, 2.45) is 17.3 Å². The van der Waals surface area contributed by atoms with Crippen molar-refractivity contribution in [1.82, 2.24) is 0 Å². The van der Waals surface area contributed by atoms with Crippen LogP contribution >= 0.6 is 22.9 Å². The average Bonchev–Trinajstić information content (AvgIpc) is 2.94. The van der Waals surface area contributed by atoms with Gasteiger partial charge < -0.3 is 4.74 Å². The quantitative estimate of drug-likeness (QED) is 0.502. The van der Waals surface area contributed by atoms with E-state index < -0.39 is 34.4 Å². The van der Waals surface area contributed by atoms with E-state index >= 15 is 0 Å². The molecule has 2 aromatic rings. The highest BCUT2D eigenvalue weighted by Gasteiger charge is 2.62. The lowest BCUT2D eigenvalue weighted by atomic mass is 10.1. The number of carbonyl (C=O) groups excluding carboxylic acids is 1. The summed E-state index contributed by atoms with van der Waals surface area (Å²) in [6.07, 6.45) is -2.87. The van der Waals surface area contributed by atoms with Crippen molar-refractivity contribution in [3.8, 4) is 0 Å². The van der Waals surface area contributed by atoms with Gasteiger partial charge >= 0.3 is 12.1 Å². The minimum absolute atomic E-state index is 0.119. The van der Waals surface area contributed by atoms with Gasteiger partial charge in [-0.15, -0.1) is 11.3 Å². The largest absolute Gasteiger partial charge is 0.460 e. The number of alkyl halides is 3. The Morgan fingerprint density at radius 1 is 1.18 bits per heavy atom. The van der Waals surface area contributed by atoms with Crippen LogP contribution in [0.15, 0.2) is 53.6 Å². The maximum absolute atomic E-state index is 12.6. The van der Waals surface area contributed by atoms with Crippen LogP contribution in [0.3, 0.4) is 0 Å². The van der Waals surface area contributed by atoms with Crippen molar-refractivity contribution in [3.63, 3.8) is 0 Å². The molecule has 1 saturated carbocycles. The Kier molecular flexibility index (Phi) is 5.92. The summed E-state index contributed by atoms with van der Waals surface area (Å²) in [5.41, 5.74) is 0.597. The van der Waals surface area contributed by atoms with Crippen LogP contribution in [0, 0.1) is 17.3 Å². The number of rotatable bonds is 6. The molecule has 0 radical (unpaired) electrons. The Morgan fingerprint density at radius 2 is 1.82 bits per heavy atom. The Bertz CT molecular complexity index is 871. The second-order valence-corrected chi connectivity index (χ2v) is 9.14. The summed E-state index contributed by atoms with van der Waals surface area (Å²) in [5, 5.41) is -1.19. The van der Waals surface area contributed by atoms with Gasteiger partial charge in [-0.05, 0) is 29.0 Å². The summed E-state index contributed by atoms with van der Waals surface area (Å²) >= 11 is 6.87. The first kappa shape index (κ1) is 20.9. The Labute approximate surface area is 171 Å². The van der Waals surface area contributed by atoms with Crippen molar-refractivity contribution in [3.05, 3.63) is 68.9 Å². The van der Waals surface area contributed by atoms with E-state index in [1.165, 1.54) is 5.56 Å². The van der Waals surface area contributed by atoms with Gasteiger partial charge in [-0.3, -0.25) is 4.79 Å². The molecule has 3 rings (SSSR count). The van der Waals surface area contributed by atoms with Crippen LogP contribution in [0.25, 0.3) is 0 Å². The first-order valence-corrected chi connectivity index (χ1v) is 10.0. The molecular formula is C21H20ClF3O2S. The zero-order chi connectivity index (χ0) is 20.5. The molecule has 0 spiro atoms. The molecule has 0 N–H and O–H groups in total. The lowest BCUT2D eigenvalue weighted by Crippen LogP contribution is -2.10. The van der Waals surface area contributed by atoms with Crippen LogP contribution in [-0.2, 0) is 22.6 Å². The maximum atomic E-state index is 12.6. The van der Waals surface area contributed by atoms with E-state index in [-0.39, 0.29) is 6.61 Å². The van der Waals surface area contributed by atoms with E-state index in [2.05, 4.69) is 0 Å². The highest BCUT2D eigenvalue weighted by Crippen LogP contribution is 2.60. The summed E-state index contributed by atoms with van der Waals surface area (Å²) in [5.74, 6) is -1.69. The third-order valence-corrected chi connectivity index (χ3v) is 6.46. The molecule has 7 heteroatoms. The van der Waals surface area contributed by atoms with Crippen LogP contribution in [0.1, 0.15) is 29.2 Å². The molecule has 1 aromatic heterocycles. The molecular weight excluding hydrogens is 409 g/mol. The molecule has 0 amide bonds. The summed E-state index contributed by atoms with van der Waals surface area (Å²) in [7, 11) is 0. The van der Waals surface area contributed by atoms with Gasteiger partial charge in [-0.2, -0.15) is 13.2 Å². The highest BCUT2D eigenvalue weighted by atomic mass is 35.5. The zero-order valence-corrected chi connectivity index (χ0v) is 17.0. The van der Waals surface area contributed by atoms with E-state index in [9.17, 15) is 18.0 Å². The Balaban J connectivity index is 1.56. The van der Waals surface area contributed by atoms with Crippen LogP contribution in [0.2, 0.25) is 0 Å². The molecule has 2 atom stereocenters. The molecule has 1 aromatic carbocycles. The minimum Gasteiger partial charge on any atom is -0.460 e. The van der Waals surface area contributed by atoms with Gasteiger partial charge in [0.1, 0.15) is 11.6 Å². The van der Waals surface area contributed by atoms with Gasteiger partial charge in [-0.1, -0.05) is 61.9 Å². The van der Waals surface area contributed by atoms with Gasteiger partial charge in [0.15, 0.2) is 0 Å². The molecule has 1 fully saturated rings. The lowest BCUT2D eigenvalue weighted by molar-refractivity contribution is -0.147. The molecule has 2 nitrogen and oxygen atoms in total. The number of benzene rings is 1. The fourth-order valence-electron chi connectivity index (χ4n) is 3.32. The van der Waals surface area contributed by atoms with Crippen molar-refractivity contribution >= 4 is 28.9 Å². The normalized spacial score (nSPS) is 21.4. The van der Waals surface area contributed by atoms with Crippen molar-refractivity contribution < 1.29 is 22.7 Å². The highest BCUT2D eigenvalue weighted by molar-refractivity contribution is 7.12. The first-order chi connectivity index (χ1) is 13.1. The number of carbonyl (C=O) groups is 1. The van der Waals surface area contributed by atoms with E-state index in [0.29, 0.717) is 0 Å². The van der Waals surface area contributed by atoms with Crippen molar-refractivity contribution in [2.75, 3.05) is 0 Å². The van der Waals surface area contributed by atoms with E-state index in [0.717, 1.165) is 22.3 Å². The topological polar surface area (TPSA) is 26.3 Å². The van der Waals surface area contributed by atoms with Crippen molar-refractivity contribution in [2.45, 2.75) is 33.1 Å². The minimum atomic E-state index is -4.60. The van der Waals surface area contributed by atoms with Crippen molar-refractivity contribution in [1.29, 1.82) is 0 Å². The number of hydrogen-bond acceptors (Lipinski definition) is 3. The Morgan fingerprint density at radius 3 is 2.46 bits per heavy atom. The molecule has 1 aliphatic carbocycles. The van der Waals surface area contributed by atoms with Crippen LogP contribution in [0.4, 0.5) is 13.2 Å². The number of esters is 1. The second kappa shape index (κ2) is 7.91. The molecule has 0 bridgehead atoms. The van der Waals surface area contributed by atoms with E-state index in [1.807, 2.05) is 42.5 Å². The summed E-state index contributed by atoms with van der Waals surface area (Å²) in [6, 6.07) is 13.9. The van der Waals surface area contributed by atoms with Crippen LogP contribution in [0.5, 0.6) is 0 Å². The number of ether oxygens (including phenoxy) is 1. The van der Waals surface area contributed by atoms with Gasteiger partial charge in [0, 0.05) is 16.2 Å². The van der Waals surface area contributed by atoms with E-state index in [1.54, 1.807) is 25.2 Å². The number of hydrogen-bond donors (Lipinski definition) is 0. The average molecular weight is 429 g/mol. The number of halogens is 4. The van der Waals surface area contributed by atoms with E-state index in [4.69, 9.17) is 16.3 Å². The molecule has 0 saturated heterocycles. The smallest absolute Gasteiger partial charge is 0.426 e. The van der Waals surface area contributed by atoms with Crippen LogP contribution in [-0.4, -0.2) is 12.1 Å². The monoisotopic (exact) mass is 428 g/mol. The third kappa shape index (κ3) is 4.78. The second-order valence-electron chi connectivity index (χ2n) is 7.48. The fourth-order valence-corrected chi connectivity index (χ4v) is 4.42. The third-order valence-electron chi connectivity index (χ3n) is 5.06. The zero-order valence-electron chi connectivity index (χ0n) is 15.4. The summed E-state index contributed by atoms with van der Waals surface area (Å²) in [4.78, 5) is 14.4. The maximum Gasteiger partial charge on any atom is 0.426 e. The standard InChI is InChI=1S/C21H20ClF3O2S/c1-20(2)16(11-17(22)21(23,24)25)18(20)19(26)27-12-15-9-8-14(28-15)10-13-6-4-3-5-7-13/h3-9,11,16,18H,10,12H2,1-2H3/t16-,18-/m1/s1. The summed E-state index contributed by atoms with van der Waals surface area (Å²) in [6.45, 7) is 3.60. The molecule has 0 aliphatic heterocycles. The van der Waals surface area contributed by atoms with Gasteiger partial charge in [0.25, 0.3) is 0 Å². The molecule has 1 heterocycles. The van der Waals surface area contributed by atoms with Gasteiger partial charge in [0.2, 0.25) is 0 Å². The number of thiophene rings is 1. The molecule has 28 heavy (non-hydrogen) atoms. The SMILES string of the molecule is CC1(C)[C@H](C=C(Cl)C(F)(F)F)[C@@H]1C(=O)OCc1ccc(Cc2ccccc2)s1. The summed E-state index contributed by atoms with van der Waals surface area (Å²) < 4.78 is 43.3. The molecule has 1 aliphatic rings. The molecule has 150 valence electrons. The molecule has 0 unspecified atom stereocenters. The predicted molar refractivity (Wildman–Crippen MR) is 104 cm³/mol. The number of allylic oxidation sites excluding steroid dienone is 2. The lowest BCUT2D eigenvalue weighted by Gasteiger charge is -2.04. The first-order valence-electron chi connectivity index (χ1n) is 8.81. The van der Waals surface area contributed by atoms with Gasteiger partial charge in [-0.25, -0.2) is 0 Å². The fraction of sp³-hybridized carbons (Fsp3) is 0.381. The van der Waals surface area contributed by atoms with Gasteiger partial charge in [0.05, 0.1) is 5.92 Å².